The Balaban J connectivity index is 2.32. The molecule has 0 aliphatic heterocycles. The molecule has 8 nitrogen and oxygen atoms in total. The molecule has 8 heteroatoms. The lowest BCUT2D eigenvalue weighted by atomic mass is 10.3. The number of hydrogen-bond donors (Lipinski definition) is 3. The number of ether oxygens (including phenoxy) is 1. The van der Waals surface area contributed by atoms with E-state index < -0.39 is 5.91 Å². The summed E-state index contributed by atoms with van der Waals surface area (Å²) < 4.78 is 4.77. The average Bonchev–Trinajstić information content (AvgIpc) is 2.37. The third kappa shape index (κ3) is 4.74. The van der Waals surface area contributed by atoms with E-state index in [0.29, 0.717) is 13.2 Å². The summed E-state index contributed by atoms with van der Waals surface area (Å²) in [6.07, 6.45) is 0. The highest BCUT2D eigenvalue weighted by atomic mass is 16.5. The van der Waals surface area contributed by atoms with Gasteiger partial charge in [-0.1, -0.05) is 0 Å². The van der Waals surface area contributed by atoms with Crippen LogP contribution in [0.5, 0.6) is 0 Å². The number of carbonyl (C=O) groups is 2. The van der Waals surface area contributed by atoms with Crippen molar-refractivity contribution in [2.75, 3.05) is 32.5 Å². The maximum absolute atomic E-state index is 11.5. The fourth-order valence-electron chi connectivity index (χ4n) is 1.07. The van der Waals surface area contributed by atoms with E-state index in [9.17, 15) is 9.59 Å². The zero-order valence-electron chi connectivity index (χ0n) is 9.97. The molecular formula is C10H15N5O3. The molecule has 0 radical (unpaired) electrons. The van der Waals surface area contributed by atoms with Gasteiger partial charge in [-0.05, 0) is 12.1 Å². The van der Waals surface area contributed by atoms with E-state index >= 15 is 0 Å². The van der Waals surface area contributed by atoms with Crippen molar-refractivity contribution in [1.29, 1.82) is 0 Å². The number of nitrogen functional groups attached to an aromatic ring is 1. The lowest BCUT2D eigenvalue weighted by Crippen LogP contribution is -2.38. The number of carbonyl (C=O) groups excluding carboxylic acids is 2. The van der Waals surface area contributed by atoms with Gasteiger partial charge in [0, 0.05) is 13.7 Å². The first-order valence-electron chi connectivity index (χ1n) is 5.26. The fourth-order valence-corrected chi connectivity index (χ4v) is 1.07. The van der Waals surface area contributed by atoms with Gasteiger partial charge in [0.05, 0.1) is 13.2 Å². The predicted octanol–water partition coefficient (Wildman–Crippen LogP) is -1.45. The summed E-state index contributed by atoms with van der Waals surface area (Å²) in [6, 6.07) is 2.89. The van der Waals surface area contributed by atoms with E-state index in [1.807, 2.05) is 0 Å². The van der Waals surface area contributed by atoms with E-state index in [0.717, 1.165) is 0 Å². The number of nitrogens with one attached hydrogen (secondary N) is 2. The largest absolute Gasteiger partial charge is 0.383 e. The molecule has 0 aromatic carbocycles. The maximum atomic E-state index is 11.5. The molecule has 98 valence electrons. The molecular weight excluding hydrogens is 238 g/mol. The van der Waals surface area contributed by atoms with Crippen LogP contribution in [0.1, 0.15) is 10.5 Å². The van der Waals surface area contributed by atoms with Gasteiger partial charge in [0.25, 0.3) is 5.91 Å². The number of amides is 2. The zero-order chi connectivity index (χ0) is 13.4. The van der Waals surface area contributed by atoms with Crippen molar-refractivity contribution in [2.45, 2.75) is 0 Å². The van der Waals surface area contributed by atoms with Gasteiger partial charge < -0.3 is 21.1 Å². The van der Waals surface area contributed by atoms with Gasteiger partial charge in [-0.2, -0.15) is 0 Å². The van der Waals surface area contributed by atoms with Crippen molar-refractivity contribution in [3.8, 4) is 0 Å². The van der Waals surface area contributed by atoms with E-state index in [4.69, 9.17) is 10.5 Å². The van der Waals surface area contributed by atoms with Gasteiger partial charge in [-0.15, -0.1) is 10.2 Å². The van der Waals surface area contributed by atoms with Gasteiger partial charge in [-0.25, -0.2) is 0 Å². The Bertz CT molecular complexity index is 406. The summed E-state index contributed by atoms with van der Waals surface area (Å²) in [5.41, 5.74) is 5.44. The molecule has 1 aromatic rings. The summed E-state index contributed by atoms with van der Waals surface area (Å²) in [7, 11) is 1.54. The van der Waals surface area contributed by atoms with Crippen LogP contribution >= 0.6 is 0 Å². The van der Waals surface area contributed by atoms with E-state index in [1.165, 1.54) is 19.2 Å². The van der Waals surface area contributed by atoms with Crippen LogP contribution in [0.15, 0.2) is 12.1 Å². The lowest BCUT2D eigenvalue weighted by molar-refractivity contribution is -0.120. The average molecular weight is 253 g/mol. The molecule has 0 saturated carbocycles. The second-order valence-corrected chi connectivity index (χ2v) is 3.37. The number of nitrogens with zero attached hydrogens (tertiary/aromatic N) is 2. The molecule has 0 fully saturated rings. The number of methoxy groups -OCH3 is 1. The monoisotopic (exact) mass is 253 g/mol. The maximum Gasteiger partial charge on any atom is 0.272 e. The fraction of sp³-hybridized carbons (Fsp3) is 0.400. The number of anilines is 1. The minimum atomic E-state index is -0.482. The van der Waals surface area contributed by atoms with Crippen LogP contribution in [0.4, 0.5) is 5.82 Å². The van der Waals surface area contributed by atoms with Gasteiger partial charge in [0.1, 0.15) is 5.82 Å². The van der Waals surface area contributed by atoms with Crippen molar-refractivity contribution in [3.63, 3.8) is 0 Å². The van der Waals surface area contributed by atoms with Crippen molar-refractivity contribution >= 4 is 17.6 Å². The first-order valence-corrected chi connectivity index (χ1v) is 5.26. The van der Waals surface area contributed by atoms with Gasteiger partial charge in [0.15, 0.2) is 5.69 Å². The number of nitrogens with two attached hydrogens (primary N) is 1. The first kappa shape index (κ1) is 13.8. The molecule has 1 rings (SSSR count). The van der Waals surface area contributed by atoms with Crippen LogP contribution in [0.2, 0.25) is 0 Å². The summed E-state index contributed by atoms with van der Waals surface area (Å²) in [5.74, 6) is -0.558. The minimum absolute atomic E-state index is 0.105. The summed E-state index contributed by atoms with van der Waals surface area (Å²) in [6.45, 7) is 0.685. The summed E-state index contributed by atoms with van der Waals surface area (Å²) in [4.78, 5) is 22.8. The molecule has 0 aliphatic carbocycles. The van der Waals surface area contributed by atoms with Crippen molar-refractivity contribution < 1.29 is 14.3 Å². The highest BCUT2D eigenvalue weighted by Crippen LogP contribution is 1.96. The molecule has 0 unspecified atom stereocenters. The Hall–Kier alpha value is -2.22. The molecule has 1 aromatic heterocycles. The third-order valence-corrected chi connectivity index (χ3v) is 1.96. The molecule has 1 heterocycles. The van der Waals surface area contributed by atoms with Crippen LogP contribution < -0.4 is 16.4 Å². The molecule has 0 aliphatic rings. The van der Waals surface area contributed by atoms with Gasteiger partial charge in [0.2, 0.25) is 5.91 Å². The third-order valence-electron chi connectivity index (χ3n) is 1.96. The van der Waals surface area contributed by atoms with E-state index in [2.05, 4.69) is 20.8 Å². The summed E-state index contributed by atoms with van der Waals surface area (Å²) >= 11 is 0. The number of aromatic nitrogens is 2. The molecule has 4 N–H and O–H groups in total. The normalized spacial score (nSPS) is 9.83. The van der Waals surface area contributed by atoms with Crippen LogP contribution in [0.3, 0.4) is 0 Å². The molecule has 0 saturated heterocycles. The second-order valence-electron chi connectivity index (χ2n) is 3.37. The Kier molecular flexibility index (Phi) is 5.52. The van der Waals surface area contributed by atoms with Gasteiger partial charge >= 0.3 is 0 Å². The van der Waals surface area contributed by atoms with E-state index in [-0.39, 0.29) is 24.0 Å². The minimum Gasteiger partial charge on any atom is -0.383 e. The van der Waals surface area contributed by atoms with Crippen molar-refractivity contribution in [1.82, 2.24) is 20.8 Å². The van der Waals surface area contributed by atoms with Crippen LogP contribution in [-0.2, 0) is 9.53 Å². The number of hydrogen-bond acceptors (Lipinski definition) is 6. The zero-order valence-corrected chi connectivity index (χ0v) is 9.97. The Morgan fingerprint density at radius 3 is 2.72 bits per heavy atom. The molecule has 0 spiro atoms. The first-order chi connectivity index (χ1) is 8.63. The number of rotatable bonds is 6. The van der Waals surface area contributed by atoms with Gasteiger partial charge in [-0.3, -0.25) is 9.59 Å². The van der Waals surface area contributed by atoms with Crippen LogP contribution in [-0.4, -0.2) is 48.8 Å². The summed E-state index contributed by atoms with van der Waals surface area (Å²) in [5, 5.41) is 12.1. The standard InChI is InChI=1S/C10H15N5O3/c1-18-5-4-12-9(16)6-13-10(17)7-2-3-8(11)15-14-7/h2-3H,4-6H2,1H3,(H2,11,15)(H,12,16)(H,13,17). The Morgan fingerprint density at radius 1 is 1.33 bits per heavy atom. The molecule has 18 heavy (non-hydrogen) atoms. The molecule has 0 bridgehead atoms. The quantitative estimate of drug-likeness (QED) is 0.534. The smallest absolute Gasteiger partial charge is 0.272 e. The van der Waals surface area contributed by atoms with Crippen molar-refractivity contribution in [3.05, 3.63) is 17.8 Å². The van der Waals surface area contributed by atoms with Crippen molar-refractivity contribution in [2.24, 2.45) is 0 Å². The molecule has 2 amide bonds. The van der Waals surface area contributed by atoms with Crippen LogP contribution in [0.25, 0.3) is 0 Å². The Labute approximate surface area is 104 Å². The topological polar surface area (TPSA) is 119 Å². The lowest BCUT2D eigenvalue weighted by Gasteiger charge is -2.05. The second kappa shape index (κ2) is 7.17. The van der Waals surface area contributed by atoms with Crippen LogP contribution in [0, 0.1) is 0 Å². The highest BCUT2D eigenvalue weighted by Gasteiger charge is 2.09. The Morgan fingerprint density at radius 2 is 2.11 bits per heavy atom. The van der Waals surface area contributed by atoms with E-state index in [1.54, 1.807) is 0 Å². The predicted molar refractivity (Wildman–Crippen MR) is 63.7 cm³/mol. The highest BCUT2D eigenvalue weighted by molar-refractivity contribution is 5.94. The SMILES string of the molecule is COCCNC(=O)CNC(=O)c1ccc(N)nn1. The molecule has 0 atom stereocenters.